The highest BCUT2D eigenvalue weighted by Gasteiger charge is 2.26. The zero-order chi connectivity index (χ0) is 21.0. The van der Waals surface area contributed by atoms with Gasteiger partial charge in [-0.3, -0.25) is 9.59 Å². The molecule has 0 bridgehead atoms. The van der Waals surface area contributed by atoms with Gasteiger partial charge in [0.2, 0.25) is 5.91 Å². The number of aryl methyl sites for hydroxylation is 1. The second kappa shape index (κ2) is 9.15. The molecule has 0 spiro atoms. The highest BCUT2D eigenvalue weighted by molar-refractivity contribution is 7.98. The van der Waals surface area contributed by atoms with Crippen LogP contribution in [-0.2, 0) is 4.79 Å². The molecule has 0 saturated carbocycles. The summed E-state index contributed by atoms with van der Waals surface area (Å²) in [5.41, 5.74) is 1.96. The lowest BCUT2D eigenvalue weighted by molar-refractivity contribution is -0.116. The van der Waals surface area contributed by atoms with Crippen LogP contribution in [0.25, 0.3) is 11.3 Å². The Morgan fingerprint density at radius 2 is 1.86 bits per heavy atom. The number of benzene rings is 2. The Kier molecular flexibility index (Phi) is 6.61. The highest BCUT2D eigenvalue weighted by atomic mass is 35.5. The van der Waals surface area contributed by atoms with E-state index in [1.807, 2.05) is 30.5 Å². The number of nitrogens with one attached hydrogen (secondary N) is 1. The molecular weight excluding hydrogens is 410 g/mol. The van der Waals surface area contributed by atoms with Crippen molar-refractivity contribution in [3.63, 3.8) is 0 Å². The van der Waals surface area contributed by atoms with Gasteiger partial charge in [-0.2, -0.15) is 0 Å². The number of anilines is 1. The number of carbonyl (C=O) groups excluding carboxylic acids is 2. The fraction of sp³-hybridized carbons (Fsp3) is 0.190. The maximum atomic E-state index is 13.0. The van der Waals surface area contributed by atoms with Crippen LogP contribution in [0.5, 0.6) is 0 Å². The normalized spacial score (nSPS) is 10.6. The van der Waals surface area contributed by atoms with Crippen LogP contribution >= 0.6 is 23.4 Å². The molecule has 0 atom stereocenters. The van der Waals surface area contributed by atoms with E-state index in [-0.39, 0.29) is 23.9 Å². The molecule has 0 radical (unpaired) electrons. The first-order valence-corrected chi connectivity index (χ1v) is 10.4. The third-order valence-electron chi connectivity index (χ3n) is 4.31. The van der Waals surface area contributed by atoms with E-state index >= 15 is 0 Å². The molecule has 8 heteroatoms. The van der Waals surface area contributed by atoms with E-state index in [0.717, 1.165) is 4.90 Å². The van der Waals surface area contributed by atoms with Gasteiger partial charge in [-0.15, -0.1) is 11.8 Å². The summed E-state index contributed by atoms with van der Waals surface area (Å²) < 4.78 is 5.25. The summed E-state index contributed by atoms with van der Waals surface area (Å²) in [6.07, 6.45) is 1.94. The van der Waals surface area contributed by atoms with E-state index < -0.39 is 0 Å². The Hall–Kier alpha value is -2.77. The highest BCUT2D eigenvalue weighted by Crippen LogP contribution is 2.31. The number of hydrogen-bond acceptors (Lipinski definition) is 5. The maximum Gasteiger partial charge on any atom is 0.259 e. The lowest BCUT2D eigenvalue weighted by Crippen LogP contribution is -2.35. The van der Waals surface area contributed by atoms with Crippen molar-refractivity contribution in [2.45, 2.75) is 11.8 Å². The van der Waals surface area contributed by atoms with Gasteiger partial charge in [0.15, 0.2) is 0 Å². The molecule has 2 aromatic carbocycles. The molecule has 150 valence electrons. The van der Waals surface area contributed by atoms with Crippen LogP contribution in [0.15, 0.2) is 57.9 Å². The van der Waals surface area contributed by atoms with Crippen LogP contribution in [-0.4, -0.2) is 41.7 Å². The summed E-state index contributed by atoms with van der Waals surface area (Å²) in [7, 11) is 1.56. The molecule has 0 aliphatic rings. The number of nitrogens with zero attached hydrogens (tertiary/aromatic N) is 2. The largest absolute Gasteiger partial charge is 0.360 e. The second-order valence-corrected chi connectivity index (χ2v) is 7.61. The van der Waals surface area contributed by atoms with Gasteiger partial charge in [-0.05, 0) is 31.4 Å². The van der Waals surface area contributed by atoms with Gasteiger partial charge in [0.05, 0.1) is 17.3 Å². The number of likely N-dealkylation sites (N-methyl/N-ethyl adjacent to an activating group) is 1. The Balaban J connectivity index is 1.78. The SMILES string of the molecule is CSc1ccccc1NC(=O)CN(C)C(=O)c1c(-c2ccccc2Cl)noc1C. The lowest BCUT2D eigenvalue weighted by atomic mass is 10.1. The number of para-hydroxylation sites is 1. The van der Waals surface area contributed by atoms with E-state index in [2.05, 4.69) is 10.5 Å². The van der Waals surface area contributed by atoms with Crippen molar-refractivity contribution in [3.05, 3.63) is 64.9 Å². The van der Waals surface area contributed by atoms with Crippen molar-refractivity contribution in [2.75, 3.05) is 25.2 Å². The van der Waals surface area contributed by atoms with Gasteiger partial charge in [0.25, 0.3) is 5.91 Å². The molecule has 0 aliphatic heterocycles. The van der Waals surface area contributed by atoms with Gasteiger partial charge >= 0.3 is 0 Å². The fourth-order valence-electron chi connectivity index (χ4n) is 2.88. The van der Waals surface area contributed by atoms with Crippen molar-refractivity contribution in [1.82, 2.24) is 10.1 Å². The molecular formula is C21H20ClN3O3S. The van der Waals surface area contributed by atoms with Crippen LogP contribution in [0.4, 0.5) is 5.69 Å². The Bertz CT molecular complexity index is 1050. The molecule has 0 aliphatic carbocycles. The van der Waals surface area contributed by atoms with Crippen molar-refractivity contribution < 1.29 is 14.1 Å². The van der Waals surface area contributed by atoms with Crippen molar-refractivity contribution in [3.8, 4) is 11.3 Å². The number of aromatic nitrogens is 1. The Labute approximate surface area is 178 Å². The number of amides is 2. The molecule has 1 heterocycles. The minimum absolute atomic E-state index is 0.117. The molecule has 0 unspecified atom stereocenters. The second-order valence-electron chi connectivity index (χ2n) is 6.35. The van der Waals surface area contributed by atoms with E-state index in [1.54, 1.807) is 38.2 Å². The molecule has 1 N–H and O–H groups in total. The van der Waals surface area contributed by atoms with Gasteiger partial charge < -0.3 is 14.7 Å². The maximum absolute atomic E-state index is 13.0. The smallest absolute Gasteiger partial charge is 0.259 e. The summed E-state index contributed by atoms with van der Waals surface area (Å²) in [5.74, 6) is -0.298. The first kappa shape index (κ1) is 21.0. The Morgan fingerprint density at radius 1 is 1.17 bits per heavy atom. The first-order chi connectivity index (χ1) is 13.9. The standard InChI is InChI=1S/C21H20ClN3O3S/c1-13-19(20(24-28-13)14-8-4-5-9-15(14)22)21(27)25(2)12-18(26)23-16-10-6-7-11-17(16)29-3/h4-11H,12H2,1-3H3,(H,23,26). The van der Waals surface area contributed by atoms with E-state index in [0.29, 0.717) is 27.7 Å². The van der Waals surface area contributed by atoms with Gasteiger partial charge in [-0.1, -0.05) is 47.1 Å². The van der Waals surface area contributed by atoms with Crippen LogP contribution in [0, 0.1) is 6.92 Å². The first-order valence-electron chi connectivity index (χ1n) is 8.82. The monoisotopic (exact) mass is 429 g/mol. The van der Waals surface area contributed by atoms with Crippen LogP contribution in [0.3, 0.4) is 0 Å². The van der Waals surface area contributed by atoms with Gasteiger partial charge in [-0.25, -0.2) is 0 Å². The molecule has 0 fully saturated rings. The predicted molar refractivity (Wildman–Crippen MR) is 115 cm³/mol. The van der Waals surface area contributed by atoms with E-state index in [1.165, 1.54) is 16.7 Å². The molecule has 0 saturated heterocycles. The minimum Gasteiger partial charge on any atom is -0.360 e. The van der Waals surface area contributed by atoms with Gasteiger partial charge in [0, 0.05) is 17.5 Å². The number of halogens is 1. The summed E-state index contributed by atoms with van der Waals surface area (Å²) >= 11 is 7.79. The molecule has 29 heavy (non-hydrogen) atoms. The number of thioether (sulfide) groups is 1. The third kappa shape index (κ3) is 4.63. The average molecular weight is 430 g/mol. The number of hydrogen-bond donors (Lipinski definition) is 1. The predicted octanol–water partition coefficient (Wildman–Crippen LogP) is 4.74. The van der Waals surface area contributed by atoms with E-state index in [4.69, 9.17) is 16.1 Å². The average Bonchev–Trinajstić information content (AvgIpc) is 3.09. The van der Waals surface area contributed by atoms with Crippen molar-refractivity contribution >= 4 is 40.9 Å². The zero-order valence-electron chi connectivity index (χ0n) is 16.2. The molecule has 2 amide bonds. The topological polar surface area (TPSA) is 75.4 Å². The van der Waals surface area contributed by atoms with E-state index in [9.17, 15) is 9.59 Å². The van der Waals surface area contributed by atoms with Gasteiger partial charge in [0.1, 0.15) is 17.0 Å². The number of rotatable bonds is 6. The zero-order valence-corrected chi connectivity index (χ0v) is 17.8. The molecule has 3 rings (SSSR count). The Morgan fingerprint density at radius 3 is 2.59 bits per heavy atom. The third-order valence-corrected chi connectivity index (χ3v) is 5.44. The summed E-state index contributed by atoms with van der Waals surface area (Å²) in [5, 5.41) is 7.32. The van der Waals surface area contributed by atoms with Crippen LogP contribution in [0.2, 0.25) is 5.02 Å². The van der Waals surface area contributed by atoms with Crippen LogP contribution < -0.4 is 5.32 Å². The summed E-state index contributed by atoms with van der Waals surface area (Å²) in [6, 6.07) is 14.6. The molecule has 3 aromatic rings. The lowest BCUT2D eigenvalue weighted by Gasteiger charge is -2.17. The van der Waals surface area contributed by atoms with Crippen molar-refractivity contribution in [2.24, 2.45) is 0 Å². The quantitative estimate of drug-likeness (QED) is 0.573. The van der Waals surface area contributed by atoms with Crippen molar-refractivity contribution in [1.29, 1.82) is 0 Å². The summed E-state index contributed by atoms with van der Waals surface area (Å²) in [6.45, 7) is 1.54. The van der Waals surface area contributed by atoms with Crippen LogP contribution in [0.1, 0.15) is 16.1 Å². The number of carbonyl (C=O) groups is 2. The molecule has 1 aromatic heterocycles. The molecule has 6 nitrogen and oxygen atoms in total. The summed E-state index contributed by atoms with van der Waals surface area (Å²) in [4.78, 5) is 27.8. The minimum atomic E-state index is -0.369. The fourth-order valence-corrected chi connectivity index (χ4v) is 3.66.